The second kappa shape index (κ2) is 8.31. The summed E-state index contributed by atoms with van der Waals surface area (Å²) >= 11 is 0. The van der Waals surface area contributed by atoms with Crippen LogP contribution in [0.1, 0.15) is 79.1 Å². The lowest BCUT2D eigenvalue weighted by Crippen LogP contribution is -2.63. The fourth-order valence-electron chi connectivity index (χ4n) is 10.3. The summed E-state index contributed by atoms with van der Waals surface area (Å²) in [5.74, 6) is 3.94. The molecule has 0 bridgehead atoms. The number of rotatable bonds is 1. The van der Waals surface area contributed by atoms with Gasteiger partial charge in [-0.3, -0.25) is 9.69 Å². The molecule has 190 valence electrons. The highest BCUT2D eigenvalue weighted by Crippen LogP contribution is 2.64. The minimum atomic E-state index is -0.294. The highest BCUT2D eigenvalue weighted by Gasteiger charge is 2.58. The summed E-state index contributed by atoms with van der Waals surface area (Å²) in [7, 11) is 0. The van der Waals surface area contributed by atoms with Crippen LogP contribution < -0.4 is 0 Å². The van der Waals surface area contributed by atoms with Gasteiger partial charge in [-0.15, -0.1) is 0 Å². The average Bonchev–Trinajstić information content (AvgIpc) is 3.14. The SMILES string of the molecule is CC(=O)O[C@@H]1C[C@@H](C)CN2C[C@@H]3[C@@H](CC[C@H]4C5=C(C[C@@H]34)[C@@]3(C)CC[C@@H](O)C[C@@H]3[C@H](O)C5)[C@@H](C)[C@H]12. The van der Waals surface area contributed by atoms with Crippen LogP contribution in [0.15, 0.2) is 11.1 Å². The van der Waals surface area contributed by atoms with E-state index < -0.39 is 0 Å². The first-order valence-corrected chi connectivity index (χ1v) is 14.2. The van der Waals surface area contributed by atoms with Gasteiger partial charge >= 0.3 is 5.97 Å². The van der Waals surface area contributed by atoms with E-state index in [0.29, 0.717) is 41.5 Å². The first-order chi connectivity index (χ1) is 16.2. The number of aliphatic hydroxyl groups excluding tert-OH is 2. The number of hydrogen-bond acceptors (Lipinski definition) is 5. The Balaban J connectivity index is 1.27. The van der Waals surface area contributed by atoms with Crippen molar-refractivity contribution in [2.75, 3.05) is 13.1 Å². The number of hydrogen-bond donors (Lipinski definition) is 2. The fourth-order valence-corrected chi connectivity index (χ4v) is 10.3. The summed E-state index contributed by atoms with van der Waals surface area (Å²) in [4.78, 5) is 14.6. The fraction of sp³-hybridized carbons (Fsp3) is 0.897. The molecule has 4 aliphatic carbocycles. The van der Waals surface area contributed by atoms with E-state index in [9.17, 15) is 15.0 Å². The molecule has 5 heteroatoms. The molecule has 12 atom stereocenters. The molecule has 2 heterocycles. The van der Waals surface area contributed by atoms with Gasteiger partial charge in [-0.1, -0.05) is 31.9 Å². The van der Waals surface area contributed by atoms with Gasteiger partial charge in [-0.25, -0.2) is 0 Å². The van der Waals surface area contributed by atoms with Crippen LogP contribution in [0.2, 0.25) is 0 Å². The number of aliphatic hydroxyl groups is 2. The summed E-state index contributed by atoms with van der Waals surface area (Å²) < 4.78 is 5.90. The smallest absolute Gasteiger partial charge is 0.302 e. The Morgan fingerprint density at radius 2 is 1.82 bits per heavy atom. The van der Waals surface area contributed by atoms with Crippen LogP contribution in [-0.4, -0.2) is 58.5 Å². The minimum Gasteiger partial charge on any atom is -0.461 e. The molecule has 0 unspecified atom stereocenters. The van der Waals surface area contributed by atoms with Gasteiger partial charge in [-0.05, 0) is 98.2 Å². The molecule has 0 radical (unpaired) electrons. The summed E-state index contributed by atoms with van der Waals surface area (Å²) in [5.41, 5.74) is 3.37. The molecule has 2 saturated heterocycles. The summed E-state index contributed by atoms with van der Waals surface area (Å²) in [6, 6.07) is 0.366. The van der Waals surface area contributed by atoms with E-state index in [0.717, 1.165) is 45.2 Å². The molecule has 6 rings (SSSR count). The van der Waals surface area contributed by atoms with E-state index in [2.05, 4.69) is 25.7 Å². The molecule has 0 aromatic heterocycles. The highest BCUT2D eigenvalue weighted by atomic mass is 16.5. The van der Waals surface area contributed by atoms with Crippen LogP contribution in [0, 0.1) is 46.8 Å². The molecule has 34 heavy (non-hydrogen) atoms. The molecule has 5 nitrogen and oxygen atoms in total. The molecule has 2 N–H and O–H groups in total. The third-order valence-electron chi connectivity index (χ3n) is 11.6. The molecule has 2 saturated carbocycles. The molecule has 4 fully saturated rings. The average molecular weight is 472 g/mol. The van der Waals surface area contributed by atoms with Crippen molar-refractivity contribution in [2.45, 2.75) is 103 Å². The van der Waals surface area contributed by atoms with Crippen molar-refractivity contribution in [1.82, 2.24) is 4.90 Å². The predicted molar refractivity (Wildman–Crippen MR) is 131 cm³/mol. The van der Waals surface area contributed by atoms with Crippen molar-refractivity contribution in [3.05, 3.63) is 11.1 Å². The molecule has 0 aromatic carbocycles. The third kappa shape index (κ3) is 3.47. The van der Waals surface area contributed by atoms with Crippen LogP contribution in [0.3, 0.4) is 0 Å². The first kappa shape index (κ1) is 23.5. The summed E-state index contributed by atoms with van der Waals surface area (Å²) in [6.07, 6.45) is 7.73. The molecular formula is C29H45NO4. The molecule has 0 amide bonds. The Hall–Kier alpha value is -0.910. The predicted octanol–water partition coefficient (Wildman–Crippen LogP) is 4.17. The van der Waals surface area contributed by atoms with Gasteiger partial charge in [0, 0.05) is 26.1 Å². The topological polar surface area (TPSA) is 70.0 Å². The van der Waals surface area contributed by atoms with Crippen LogP contribution >= 0.6 is 0 Å². The zero-order valence-electron chi connectivity index (χ0n) is 21.6. The standard InChI is InChI=1S/C29H45NO4/c1-15-9-27(34-17(3)31)28-16(2)19-5-6-20-21(23(19)14-30(28)13-15)11-24-22(20)12-26(33)25-10-18(32)7-8-29(24,25)4/h15-16,18-21,23,25-28,32-33H,5-14H2,1-4H3/t15-,16-,18-,19+,20-,21-,23-,25-,26-,27-,28-,29-/m1/s1. The van der Waals surface area contributed by atoms with Gasteiger partial charge in [0.25, 0.3) is 0 Å². The Bertz CT molecular complexity index is 868. The first-order valence-electron chi connectivity index (χ1n) is 14.2. The van der Waals surface area contributed by atoms with Crippen molar-refractivity contribution >= 4 is 5.97 Å². The number of esters is 1. The molecule has 6 aliphatic rings. The van der Waals surface area contributed by atoms with E-state index >= 15 is 0 Å². The van der Waals surface area contributed by atoms with Gasteiger partial charge in [0.1, 0.15) is 6.10 Å². The zero-order valence-corrected chi connectivity index (χ0v) is 21.6. The maximum absolute atomic E-state index is 11.9. The van der Waals surface area contributed by atoms with Gasteiger partial charge in [-0.2, -0.15) is 0 Å². The lowest BCUT2D eigenvalue weighted by molar-refractivity contribution is -0.166. The number of piperidine rings is 2. The number of carbonyl (C=O) groups excluding carboxylic acids is 1. The van der Waals surface area contributed by atoms with Crippen LogP contribution in [0.5, 0.6) is 0 Å². The Morgan fingerprint density at radius 3 is 2.59 bits per heavy atom. The lowest BCUT2D eigenvalue weighted by atomic mass is 9.56. The van der Waals surface area contributed by atoms with Crippen molar-refractivity contribution in [1.29, 1.82) is 0 Å². The maximum Gasteiger partial charge on any atom is 0.302 e. The normalized spacial score (nSPS) is 52.7. The molecule has 2 aliphatic heterocycles. The van der Waals surface area contributed by atoms with Gasteiger partial charge in [0.15, 0.2) is 0 Å². The summed E-state index contributed by atoms with van der Waals surface area (Å²) in [5, 5.41) is 21.5. The van der Waals surface area contributed by atoms with Crippen LogP contribution in [0.25, 0.3) is 0 Å². The number of carbonyl (C=O) groups is 1. The maximum atomic E-state index is 11.9. The number of nitrogens with zero attached hydrogens (tertiary/aromatic N) is 1. The van der Waals surface area contributed by atoms with Crippen LogP contribution in [0.4, 0.5) is 0 Å². The Morgan fingerprint density at radius 1 is 1.03 bits per heavy atom. The van der Waals surface area contributed by atoms with Crippen molar-refractivity contribution in [3.63, 3.8) is 0 Å². The summed E-state index contributed by atoms with van der Waals surface area (Å²) in [6.45, 7) is 11.0. The van der Waals surface area contributed by atoms with E-state index in [1.165, 1.54) is 19.3 Å². The van der Waals surface area contributed by atoms with E-state index in [1.807, 2.05) is 0 Å². The van der Waals surface area contributed by atoms with Crippen molar-refractivity contribution < 1.29 is 19.7 Å². The number of fused-ring (bicyclic) bond motifs is 7. The number of ether oxygens (including phenoxy) is 1. The zero-order chi connectivity index (χ0) is 23.9. The number of allylic oxidation sites excluding steroid dienone is 1. The highest BCUT2D eigenvalue weighted by molar-refractivity contribution is 5.66. The monoisotopic (exact) mass is 471 g/mol. The minimum absolute atomic E-state index is 0.0355. The lowest BCUT2D eigenvalue weighted by Gasteiger charge is -2.57. The van der Waals surface area contributed by atoms with Crippen molar-refractivity contribution in [3.8, 4) is 0 Å². The molecule has 0 spiro atoms. The van der Waals surface area contributed by atoms with Gasteiger partial charge < -0.3 is 14.9 Å². The van der Waals surface area contributed by atoms with Gasteiger partial charge in [0.2, 0.25) is 0 Å². The van der Waals surface area contributed by atoms with Crippen LogP contribution in [-0.2, 0) is 9.53 Å². The third-order valence-corrected chi connectivity index (χ3v) is 11.6. The van der Waals surface area contributed by atoms with E-state index in [4.69, 9.17) is 4.74 Å². The second-order valence-corrected chi connectivity index (χ2v) is 13.4. The van der Waals surface area contributed by atoms with E-state index in [1.54, 1.807) is 18.1 Å². The molecular weight excluding hydrogens is 426 g/mol. The molecule has 0 aromatic rings. The Labute approximate surface area is 205 Å². The van der Waals surface area contributed by atoms with Gasteiger partial charge in [0.05, 0.1) is 12.2 Å². The second-order valence-electron chi connectivity index (χ2n) is 13.4. The van der Waals surface area contributed by atoms with E-state index in [-0.39, 0.29) is 35.6 Å². The Kier molecular flexibility index (Phi) is 5.74. The largest absolute Gasteiger partial charge is 0.461 e. The quantitative estimate of drug-likeness (QED) is 0.444. The van der Waals surface area contributed by atoms with Crippen molar-refractivity contribution in [2.24, 2.45) is 46.8 Å².